The Labute approximate surface area is 175 Å². The van der Waals surface area contributed by atoms with E-state index in [9.17, 15) is 0 Å². The van der Waals surface area contributed by atoms with Crippen LogP contribution < -0.4 is 10.2 Å². The molecule has 1 saturated carbocycles. The number of nitrogens with one attached hydrogen (secondary N) is 1. The zero-order valence-corrected chi connectivity index (χ0v) is 17.8. The number of piperazine rings is 1. The SMILES string of the molecule is Cc1cc(Nc2ccc(N3CCN(C)CC3)cc2)n2nc(SCC3CC3)nc2n1. The van der Waals surface area contributed by atoms with Gasteiger partial charge < -0.3 is 15.1 Å². The maximum absolute atomic E-state index is 4.68. The number of likely N-dealkylation sites (N-methyl/N-ethyl adjacent to an activating group) is 1. The Kier molecular flexibility index (Phi) is 5.05. The highest BCUT2D eigenvalue weighted by molar-refractivity contribution is 7.99. The first-order chi connectivity index (χ1) is 14.1. The van der Waals surface area contributed by atoms with Crippen LogP contribution >= 0.6 is 11.8 Å². The Morgan fingerprint density at radius 1 is 1.07 bits per heavy atom. The molecule has 2 aliphatic rings. The minimum atomic E-state index is 0.653. The second kappa shape index (κ2) is 7.84. The standard InChI is InChI=1S/C21H27N7S/c1-15-13-19(28-20(22-15)24-21(25-28)29-14-16-3-4-16)23-17-5-7-18(8-6-17)27-11-9-26(2)10-12-27/h5-8,13,16,23H,3-4,9-12,14H2,1-2H3. The lowest BCUT2D eigenvalue weighted by atomic mass is 10.2. The van der Waals surface area contributed by atoms with E-state index in [2.05, 4.69) is 61.5 Å². The Hall–Kier alpha value is -2.32. The molecule has 152 valence electrons. The summed E-state index contributed by atoms with van der Waals surface area (Å²) in [6.07, 6.45) is 2.68. The van der Waals surface area contributed by atoms with Crippen LogP contribution in [0.3, 0.4) is 0 Å². The van der Waals surface area contributed by atoms with Crippen molar-refractivity contribution in [2.24, 2.45) is 5.92 Å². The van der Waals surface area contributed by atoms with E-state index >= 15 is 0 Å². The average Bonchev–Trinajstić information content (AvgIpc) is 3.46. The van der Waals surface area contributed by atoms with Crippen molar-refractivity contribution in [1.29, 1.82) is 0 Å². The monoisotopic (exact) mass is 409 g/mol. The summed E-state index contributed by atoms with van der Waals surface area (Å²) in [6, 6.07) is 10.7. The Balaban J connectivity index is 1.33. The Bertz CT molecular complexity index is 988. The largest absolute Gasteiger partial charge is 0.369 e. The predicted octanol–water partition coefficient (Wildman–Crippen LogP) is 3.43. The van der Waals surface area contributed by atoms with Crippen molar-refractivity contribution in [3.05, 3.63) is 36.0 Å². The third-order valence-corrected chi connectivity index (χ3v) is 6.64. The molecule has 1 aromatic carbocycles. The van der Waals surface area contributed by atoms with E-state index in [0.29, 0.717) is 5.78 Å². The van der Waals surface area contributed by atoms with Crippen molar-refractivity contribution in [2.75, 3.05) is 49.2 Å². The van der Waals surface area contributed by atoms with Crippen LogP contribution in [-0.4, -0.2) is 63.5 Å². The molecule has 0 radical (unpaired) electrons. The molecule has 29 heavy (non-hydrogen) atoms. The number of aryl methyl sites for hydroxylation is 1. The molecule has 7 nitrogen and oxygen atoms in total. The summed E-state index contributed by atoms with van der Waals surface area (Å²) in [5.41, 5.74) is 3.25. The van der Waals surface area contributed by atoms with Crippen molar-refractivity contribution < 1.29 is 0 Å². The number of benzene rings is 1. The van der Waals surface area contributed by atoms with Gasteiger partial charge >= 0.3 is 0 Å². The molecule has 0 atom stereocenters. The van der Waals surface area contributed by atoms with Crippen LogP contribution in [0.5, 0.6) is 0 Å². The van der Waals surface area contributed by atoms with Gasteiger partial charge in [0.05, 0.1) is 0 Å². The van der Waals surface area contributed by atoms with E-state index in [-0.39, 0.29) is 0 Å². The third-order valence-electron chi connectivity index (χ3n) is 5.57. The molecule has 3 heterocycles. The molecule has 5 rings (SSSR count). The lowest BCUT2D eigenvalue weighted by Crippen LogP contribution is -2.44. The number of hydrogen-bond donors (Lipinski definition) is 1. The fourth-order valence-corrected chi connectivity index (χ4v) is 4.57. The number of fused-ring (bicyclic) bond motifs is 1. The van der Waals surface area contributed by atoms with Crippen molar-refractivity contribution in [2.45, 2.75) is 24.9 Å². The first-order valence-electron chi connectivity index (χ1n) is 10.3. The molecular formula is C21H27N7S. The maximum atomic E-state index is 4.68. The van der Waals surface area contributed by atoms with Gasteiger partial charge in [-0.1, -0.05) is 11.8 Å². The zero-order chi connectivity index (χ0) is 19.8. The van der Waals surface area contributed by atoms with E-state index in [0.717, 1.165) is 60.2 Å². The number of hydrogen-bond acceptors (Lipinski definition) is 7. The first kappa shape index (κ1) is 18.7. The molecule has 1 aliphatic heterocycles. The van der Waals surface area contributed by atoms with E-state index < -0.39 is 0 Å². The predicted molar refractivity (Wildman–Crippen MR) is 118 cm³/mol. The number of thioether (sulfide) groups is 1. The molecule has 1 N–H and O–H groups in total. The first-order valence-corrected chi connectivity index (χ1v) is 11.3. The molecule has 1 saturated heterocycles. The van der Waals surface area contributed by atoms with Gasteiger partial charge in [0.15, 0.2) is 0 Å². The summed E-state index contributed by atoms with van der Waals surface area (Å²) >= 11 is 1.74. The smallest absolute Gasteiger partial charge is 0.255 e. The molecule has 2 aromatic heterocycles. The van der Waals surface area contributed by atoms with Gasteiger partial charge in [0, 0.05) is 55.1 Å². The van der Waals surface area contributed by atoms with Crippen molar-refractivity contribution >= 4 is 34.7 Å². The molecule has 0 spiro atoms. The van der Waals surface area contributed by atoms with Gasteiger partial charge in [0.25, 0.3) is 5.78 Å². The summed E-state index contributed by atoms with van der Waals surface area (Å²) in [7, 11) is 2.18. The molecule has 0 bridgehead atoms. The van der Waals surface area contributed by atoms with Crippen LogP contribution in [0.2, 0.25) is 0 Å². The summed E-state index contributed by atoms with van der Waals surface area (Å²) in [6.45, 7) is 6.37. The van der Waals surface area contributed by atoms with Crippen LogP contribution in [0.15, 0.2) is 35.5 Å². The summed E-state index contributed by atoms with van der Waals surface area (Å²) in [5, 5.41) is 8.99. The Morgan fingerprint density at radius 3 is 2.55 bits per heavy atom. The van der Waals surface area contributed by atoms with E-state index in [1.807, 2.05) is 17.5 Å². The fraction of sp³-hybridized carbons (Fsp3) is 0.476. The number of rotatable bonds is 6. The van der Waals surface area contributed by atoms with E-state index in [4.69, 9.17) is 0 Å². The minimum Gasteiger partial charge on any atom is -0.369 e. The molecule has 0 unspecified atom stereocenters. The zero-order valence-electron chi connectivity index (χ0n) is 17.0. The van der Waals surface area contributed by atoms with Crippen LogP contribution in [0.1, 0.15) is 18.5 Å². The van der Waals surface area contributed by atoms with Crippen LogP contribution in [-0.2, 0) is 0 Å². The van der Waals surface area contributed by atoms with Gasteiger partial charge in [-0.2, -0.15) is 9.50 Å². The Morgan fingerprint density at radius 2 is 1.83 bits per heavy atom. The quantitative estimate of drug-likeness (QED) is 0.626. The number of aromatic nitrogens is 4. The topological polar surface area (TPSA) is 61.6 Å². The van der Waals surface area contributed by atoms with Gasteiger partial charge in [-0.3, -0.25) is 0 Å². The highest BCUT2D eigenvalue weighted by Gasteiger charge is 2.22. The minimum absolute atomic E-state index is 0.653. The maximum Gasteiger partial charge on any atom is 0.255 e. The lowest BCUT2D eigenvalue weighted by Gasteiger charge is -2.34. The van der Waals surface area contributed by atoms with E-state index in [1.54, 1.807) is 11.8 Å². The molecular weight excluding hydrogens is 382 g/mol. The fourth-order valence-electron chi connectivity index (χ4n) is 3.56. The van der Waals surface area contributed by atoms with Crippen LogP contribution in [0.25, 0.3) is 5.78 Å². The highest BCUT2D eigenvalue weighted by atomic mass is 32.2. The van der Waals surface area contributed by atoms with Crippen molar-refractivity contribution in [3.8, 4) is 0 Å². The van der Waals surface area contributed by atoms with Crippen molar-refractivity contribution in [3.63, 3.8) is 0 Å². The summed E-state index contributed by atoms with van der Waals surface area (Å²) in [4.78, 5) is 14.0. The summed E-state index contributed by atoms with van der Waals surface area (Å²) in [5.74, 6) is 3.50. The van der Waals surface area contributed by atoms with Crippen LogP contribution in [0, 0.1) is 12.8 Å². The van der Waals surface area contributed by atoms with Gasteiger partial charge in [0.1, 0.15) is 5.82 Å². The van der Waals surface area contributed by atoms with Gasteiger partial charge in [0.2, 0.25) is 5.16 Å². The molecule has 0 amide bonds. The average molecular weight is 410 g/mol. The molecule has 8 heteroatoms. The van der Waals surface area contributed by atoms with Gasteiger partial charge in [-0.05, 0) is 57.0 Å². The van der Waals surface area contributed by atoms with Gasteiger partial charge in [-0.15, -0.1) is 5.10 Å². The second-order valence-electron chi connectivity index (χ2n) is 8.11. The second-order valence-corrected chi connectivity index (χ2v) is 9.09. The number of anilines is 3. The number of nitrogens with zero attached hydrogens (tertiary/aromatic N) is 6. The third kappa shape index (κ3) is 4.33. The molecule has 3 aromatic rings. The van der Waals surface area contributed by atoms with Crippen LogP contribution in [0.4, 0.5) is 17.2 Å². The normalized spacial score (nSPS) is 17.8. The lowest BCUT2D eigenvalue weighted by molar-refractivity contribution is 0.313. The van der Waals surface area contributed by atoms with Crippen molar-refractivity contribution in [1.82, 2.24) is 24.5 Å². The summed E-state index contributed by atoms with van der Waals surface area (Å²) < 4.78 is 1.82. The van der Waals surface area contributed by atoms with E-state index in [1.165, 1.54) is 18.5 Å². The molecule has 1 aliphatic carbocycles. The van der Waals surface area contributed by atoms with Gasteiger partial charge in [-0.25, -0.2) is 4.98 Å². The highest BCUT2D eigenvalue weighted by Crippen LogP contribution is 2.34. The molecule has 2 fully saturated rings.